The van der Waals surface area contributed by atoms with Crippen molar-refractivity contribution in [1.82, 2.24) is 9.80 Å². The van der Waals surface area contributed by atoms with Crippen molar-refractivity contribution in [1.29, 1.82) is 0 Å². The lowest BCUT2D eigenvalue weighted by atomic mass is 10.1. The van der Waals surface area contributed by atoms with E-state index in [4.69, 9.17) is 11.6 Å². The molecular formula is C24H26ClN3O2. The van der Waals surface area contributed by atoms with E-state index in [0.717, 1.165) is 26.1 Å². The standard InChI is InChI=1S/C24H26ClN3O2/c25-20-10-11-21(22(18-20)28-13-5-9-23(28)29)24(30)27-16-14-26(15-17-27)12-4-8-19-6-2-1-3-7-19/h1-4,6-8,10-11,18H,5,9,12-17H2/b8-4+. The molecule has 0 radical (unpaired) electrons. The molecule has 0 spiro atoms. The third-order valence-electron chi connectivity index (χ3n) is 5.69. The minimum atomic E-state index is -0.0270. The van der Waals surface area contributed by atoms with Gasteiger partial charge in [0.25, 0.3) is 5.91 Å². The number of carbonyl (C=O) groups excluding carboxylic acids is 2. The fourth-order valence-electron chi connectivity index (χ4n) is 4.02. The van der Waals surface area contributed by atoms with Crippen LogP contribution in [0.2, 0.25) is 5.02 Å². The lowest BCUT2D eigenvalue weighted by Gasteiger charge is -2.35. The van der Waals surface area contributed by atoms with Crippen LogP contribution >= 0.6 is 11.6 Å². The van der Waals surface area contributed by atoms with Gasteiger partial charge in [-0.3, -0.25) is 14.5 Å². The van der Waals surface area contributed by atoms with Crippen molar-refractivity contribution < 1.29 is 9.59 Å². The maximum absolute atomic E-state index is 13.2. The zero-order valence-corrected chi connectivity index (χ0v) is 17.7. The average Bonchev–Trinajstić information content (AvgIpc) is 3.20. The van der Waals surface area contributed by atoms with Gasteiger partial charge in [-0.25, -0.2) is 0 Å². The van der Waals surface area contributed by atoms with Crippen molar-refractivity contribution in [2.24, 2.45) is 0 Å². The largest absolute Gasteiger partial charge is 0.336 e. The summed E-state index contributed by atoms with van der Waals surface area (Å²) in [4.78, 5) is 31.4. The minimum Gasteiger partial charge on any atom is -0.336 e. The molecule has 2 aromatic rings. The number of benzene rings is 2. The van der Waals surface area contributed by atoms with E-state index in [1.54, 1.807) is 23.1 Å². The quantitative estimate of drug-likeness (QED) is 0.731. The minimum absolute atomic E-state index is 0.0270. The Balaban J connectivity index is 1.38. The molecule has 2 aliphatic heterocycles. The molecule has 6 heteroatoms. The van der Waals surface area contributed by atoms with Gasteiger partial charge in [0.2, 0.25) is 5.91 Å². The van der Waals surface area contributed by atoms with Crippen LogP contribution in [-0.2, 0) is 4.79 Å². The van der Waals surface area contributed by atoms with Crippen LogP contribution in [-0.4, -0.2) is 60.9 Å². The fourth-order valence-corrected chi connectivity index (χ4v) is 4.18. The van der Waals surface area contributed by atoms with Crippen LogP contribution in [0.3, 0.4) is 0 Å². The summed E-state index contributed by atoms with van der Waals surface area (Å²) in [6.45, 7) is 4.52. The summed E-state index contributed by atoms with van der Waals surface area (Å²) in [5.41, 5.74) is 2.40. The Morgan fingerprint density at radius 2 is 1.77 bits per heavy atom. The monoisotopic (exact) mass is 423 g/mol. The molecule has 30 heavy (non-hydrogen) atoms. The molecule has 0 aromatic heterocycles. The Bertz CT molecular complexity index is 937. The Hall–Kier alpha value is -2.63. The summed E-state index contributed by atoms with van der Waals surface area (Å²) in [6.07, 6.45) is 5.64. The summed E-state index contributed by atoms with van der Waals surface area (Å²) in [5.74, 6) is 0.0298. The van der Waals surface area contributed by atoms with Gasteiger partial charge in [0.15, 0.2) is 0 Å². The van der Waals surface area contributed by atoms with Crippen LogP contribution < -0.4 is 4.90 Å². The summed E-state index contributed by atoms with van der Waals surface area (Å²) in [6, 6.07) is 15.5. The van der Waals surface area contributed by atoms with Crippen molar-refractivity contribution >= 4 is 35.2 Å². The molecule has 0 atom stereocenters. The molecule has 0 bridgehead atoms. The molecule has 0 saturated carbocycles. The van der Waals surface area contributed by atoms with Gasteiger partial charge in [-0.15, -0.1) is 0 Å². The van der Waals surface area contributed by atoms with Gasteiger partial charge in [-0.1, -0.05) is 54.1 Å². The Morgan fingerprint density at radius 1 is 1.00 bits per heavy atom. The predicted octanol–water partition coefficient (Wildman–Crippen LogP) is 3.94. The topological polar surface area (TPSA) is 43.9 Å². The number of hydrogen-bond donors (Lipinski definition) is 0. The van der Waals surface area contributed by atoms with Gasteiger partial charge in [-0.05, 0) is 30.2 Å². The normalized spacial score (nSPS) is 17.8. The van der Waals surface area contributed by atoms with Gasteiger partial charge < -0.3 is 9.80 Å². The number of carbonyl (C=O) groups is 2. The molecule has 0 unspecified atom stereocenters. The van der Waals surface area contributed by atoms with E-state index < -0.39 is 0 Å². The first-order valence-electron chi connectivity index (χ1n) is 10.4. The smallest absolute Gasteiger partial charge is 0.256 e. The second-order valence-electron chi connectivity index (χ2n) is 7.72. The zero-order chi connectivity index (χ0) is 20.9. The third-order valence-corrected chi connectivity index (χ3v) is 5.92. The number of nitrogens with zero attached hydrogens (tertiary/aromatic N) is 3. The maximum Gasteiger partial charge on any atom is 0.256 e. The summed E-state index contributed by atoms with van der Waals surface area (Å²) < 4.78 is 0. The number of amides is 2. The molecule has 5 nitrogen and oxygen atoms in total. The summed E-state index contributed by atoms with van der Waals surface area (Å²) in [5, 5.41) is 0.538. The van der Waals surface area contributed by atoms with Gasteiger partial charge in [0.1, 0.15) is 0 Å². The van der Waals surface area contributed by atoms with Crippen molar-refractivity contribution in [2.45, 2.75) is 12.8 Å². The average molecular weight is 424 g/mol. The molecule has 2 fully saturated rings. The van der Waals surface area contributed by atoms with E-state index in [9.17, 15) is 9.59 Å². The van der Waals surface area contributed by atoms with E-state index in [1.807, 2.05) is 23.1 Å². The second kappa shape index (κ2) is 9.45. The first-order valence-corrected chi connectivity index (χ1v) is 10.8. The van der Waals surface area contributed by atoms with E-state index in [1.165, 1.54) is 5.56 Å². The molecule has 0 aliphatic carbocycles. The highest BCUT2D eigenvalue weighted by Gasteiger charge is 2.29. The number of rotatable bonds is 5. The zero-order valence-electron chi connectivity index (χ0n) is 17.0. The molecule has 2 saturated heterocycles. The van der Waals surface area contributed by atoms with Crippen molar-refractivity contribution in [2.75, 3.05) is 44.2 Å². The second-order valence-corrected chi connectivity index (χ2v) is 8.15. The number of piperazine rings is 1. The molecule has 156 valence electrons. The lowest BCUT2D eigenvalue weighted by Crippen LogP contribution is -2.48. The van der Waals surface area contributed by atoms with E-state index in [-0.39, 0.29) is 11.8 Å². The van der Waals surface area contributed by atoms with Crippen LogP contribution in [0.4, 0.5) is 5.69 Å². The molecule has 0 N–H and O–H groups in total. The molecular weight excluding hydrogens is 398 g/mol. The lowest BCUT2D eigenvalue weighted by molar-refractivity contribution is -0.117. The van der Waals surface area contributed by atoms with Crippen LogP contribution in [0.5, 0.6) is 0 Å². The summed E-state index contributed by atoms with van der Waals surface area (Å²) >= 11 is 6.17. The van der Waals surface area contributed by atoms with Gasteiger partial charge in [0.05, 0.1) is 11.3 Å². The Kier molecular flexibility index (Phi) is 6.50. The maximum atomic E-state index is 13.2. The van der Waals surface area contributed by atoms with Crippen molar-refractivity contribution in [3.05, 3.63) is 70.8 Å². The fraction of sp³-hybridized carbons (Fsp3) is 0.333. The number of anilines is 1. The highest BCUT2D eigenvalue weighted by Crippen LogP contribution is 2.30. The van der Waals surface area contributed by atoms with E-state index in [2.05, 4.69) is 29.2 Å². The van der Waals surface area contributed by atoms with Crippen LogP contribution in [0.25, 0.3) is 6.08 Å². The molecule has 2 amide bonds. The SMILES string of the molecule is O=C(c1ccc(Cl)cc1N1CCCC1=O)N1CCN(C/C=C/c2ccccc2)CC1. The van der Waals surface area contributed by atoms with Crippen LogP contribution in [0.15, 0.2) is 54.6 Å². The number of halogens is 1. The highest BCUT2D eigenvalue weighted by atomic mass is 35.5. The third kappa shape index (κ3) is 4.74. The van der Waals surface area contributed by atoms with Crippen LogP contribution in [0, 0.1) is 0 Å². The van der Waals surface area contributed by atoms with Gasteiger partial charge in [-0.2, -0.15) is 0 Å². The Labute approximate surface area is 182 Å². The van der Waals surface area contributed by atoms with Gasteiger partial charge in [0, 0.05) is 50.7 Å². The molecule has 2 aliphatic rings. The predicted molar refractivity (Wildman–Crippen MR) is 121 cm³/mol. The van der Waals surface area contributed by atoms with Gasteiger partial charge >= 0.3 is 0 Å². The Morgan fingerprint density at radius 3 is 2.47 bits per heavy atom. The van der Waals surface area contributed by atoms with Crippen molar-refractivity contribution in [3.8, 4) is 0 Å². The van der Waals surface area contributed by atoms with Crippen molar-refractivity contribution in [3.63, 3.8) is 0 Å². The van der Waals surface area contributed by atoms with E-state index in [0.29, 0.717) is 42.3 Å². The molecule has 4 rings (SSSR count). The molecule has 2 heterocycles. The van der Waals surface area contributed by atoms with Crippen LogP contribution in [0.1, 0.15) is 28.8 Å². The summed E-state index contributed by atoms with van der Waals surface area (Å²) in [7, 11) is 0. The number of hydrogen-bond acceptors (Lipinski definition) is 3. The first-order chi connectivity index (χ1) is 14.6. The first kappa shape index (κ1) is 20.6. The molecule has 2 aromatic carbocycles. The van der Waals surface area contributed by atoms with E-state index >= 15 is 0 Å². The highest BCUT2D eigenvalue weighted by molar-refractivity contribution is 6.31.